The lowest BCUT2D eigenvalue weighted by atomic mass is 10.0. The fourth-order valence-corrected chi connectivity index (χ4v) is 3.66. The second kappa shape index (κ2) is 19.4. The summed E-state index contributed by atoms with van der Waals surface area (Å²) < 4.78 is 14.9. The zero-order valence-corrected chi connectivity index (χ0v) is 18.8. The van der Waals surface area contributed by atoms with Crippen molar-refractivity contribution in [2.45, 2.75) is 136 Å². The molecule has 0 saturated heterocycles. The molecule has 0 radical (unpaired) electrons. The van der Waals surface area contributed by atoms with Crippen molar-refractivity contribution in [3.05, 3.63) is 0 Å². The number of hydrogen-bond donors (Lipinski definition) is 2. The van der Waals surface area contributed by atoms with E-state index >= 15 is 0 Å². The normalized spacial score (nSPS) is 13.2. The molecule has 1 atom stereocenters. The Bertz CT molecular complexity index is 345. The van der Waals surface area contributed by atoms with Gasteiger partial charge in [-0.15, -0.1) is 4.67 Å². The highest BCUT2D eigenvalue weighted by atomic mass is 31.2. The van der Waals surface area contributed by atoms with Gasteiger partial charge in [0.25, 0.3) is 0 Å². The summed E-state index contributed by atoms with van der Waals surface area (Å²) in [4.78, 5) is 22.3. The molecule has 0 aromatic rings. The monoisotopic (exact) mass is 408 g/mol. The number of hydrogen-bond acceptors (Lipinski definition) is 3. The van der Waals surface area contributed by atoms with E-state index in [0.717, 1.165) is 32.1 Å². The minimum atomic E-state index is -4.54. The van der Waals surface area contributed by atoms with Crippen LogP contribution in [0.15, 0.2) is 0 Å². The van der Waals surface area contributed by atoms with E-state index in [1.54, 1.807) is 0 Å². The van der Waals surface area contributed by atoms with Gasteiger partial charge in [0.2, 0.25) is 0 Å². The first-order valence-corrected chi connectivity index (χ1v) is 12.9. The Kier molecular flexibility index (Phi) is 19.4. The molecule has 6 heteroatoms. The average molecular weight is 409 g/mol. The van der Waals surface area contributed by atoms with Gasteiger partial charge in [-0.25, -0.2) is 9.45 Å². The highest BCUT2D eigenvalue weighted by molar-refractivity contribution is 7.46. The van der Waals surface area contributed by atoms with Crippen LogP contribution in [0.1, 0.15) is 129 Å². The van der Waals surface area contributed by atoms with Crippen LogP contribution in [0.3, 0.4) is 0 Å². The second-order valence-electron chi connectivity index (χ2n) is 7.81. The molecule has 0 aromatic carbocycles. The van der Waals surface area contributed by atoms with Crippen molar-refractivity contribution in [1.82, 2.24) is 0 Å². The van der Waals surface area contributed by atoms with Crippen molar-refractivity contribution in [2.24, 2.45) is 0 Å². The first kappa shape index (κ1) is 27.1. The van der Waals surface area contributed by atoms with Gasteiger partial charge in [-0.3, -0.25) is 0 Å². The van der Waals surface area contributed by atoms with Crippen molar-refractivity contribution in [3.63, 3.8) is 0 Å². The predicted octanol–water partition coefficient (Wildman–Crippen LogP) is 7.46. The molecular weight excluding hydrogens is 363 g/mol. The van der Waals surface area contributed by atoms with Gasteiger partial charge in [-0.2, -0.15) is 0 Å². The predicted molar refractivity (Wildman–Crippen MR) is 112 cm³/mol. The molecular formula is C21H45O5P. The lowest BCUT2D eigenvalue weighted by Crippen LogP contribution is -2.12. The van der Waals surface area contributed by atoms with E-state index in [2.05, 4.69) is 11.6 Å². The fourth-order valence-electron chi connectivity index (χ4n) is 3.42. The van der Waals surface area contributed by atoms with E-state index in [9.17, 15) is 4.57 Å². The van der Waals surface area contributed by atoms with Crippen LogP contribution < -0.4 is 0 Å². The summed E-state index contributed by atoms with van der Waals surface area (Å²) in [6.07, 6.45) is 22.2. The summed E-state index contributed by atoms with van der Waals surface area (Å²) in [6, 6.07) is 0. The Morgan fingerprint density at radius 1 is 0.630 bits per heavy atom. The molecule has 2 N–H and O–H groups in total. The molecule has 5 nitrogen and oxygen atoms in total. The van der Waals surface area contributed by atoms with Crippen molar-refractivity contribution < 1.29 is 23.9 Å². The van der Waals surface area contributed by atoms with E-state index in [4.69, 9.17) is 14.7 Å². The lowest BCUT2D eigenvalue weighted by molar-refractivity contribution is -0.260. The van der Waals surface area contributed by atoms with Crippen molar-refractivity contribution in [1.29, 1.82) is 0 Å². The molecule has 0 amide bonds. The van der Waals surface area contributed by atoms with E-state index in [1.165, 1.54) is 83.5 Å². The molecule has 0 rings (SSSR count). The minimum absolute atomic E-state index is 0.218. The number of unbranched alkanes of at least 4 members (excludes halogenated alkanes) is 14. The van der Waals surface area contributed by atoms with Gasteiger partial charge in [0.05, 0.1) is 6.10 Å². The summed E-state index contributed by atoms with van der Waals surface area (Å²) in [7, 11) is -4.54. The van der Waals surface area contributed by atoms with Crippen LogP contribution in [0.4, 0.5) is 0 Å². The zero-order chi connectivity index (χ0) is 20.2. The Morgan fingerprint density at radius 3 is 1.41 bits per heavy atom. The highest BCUT2D eigenvalue weighted by Gasteiger charge is 2.19. The standard InChI is InChI=1S/C21H45O5P/c1-3-5-6-7-8-9-10-11-12-13-14-15-16-17-18-20-21(19-4-2)25-26-27(22,23)24/h21H,3-20H2,1-2H3,(H2,22,23,24). The van der Waals surface area contributed by atoms with E-state index in [1.807, 2.05) is 6.92 Å². The van der Waals surface area contributed by atoms with Crippen LogP contribution in [-0.2, 0) is 14.1 Å². The summed E-state index contributed by atoms with van der Waals surface area (Å²) in [5.74, 6) is 0. The molecule has 0 spiro atoms. The topological polar surface area (TPSA) is 76.0 Å². The molecule has 27 heavy (non-hydrogen) atoms. The Morgan fingerprint density at radius 2 is 1.04 bits per heavy atom. The summed E-state index contributed by atoms with van der Waals surface area (Å²) >= 11 is 0. The smallest absolute Gasteiger partial charge is 0.301 e. The second-order valence-corrected chi connectivity index (χ2v) is 8.94. The molecule has 0 bridgehead atoms. The van der Waals surface area contributed by atoms with Gasteiger partial charge >= 0.3 is 7.82 Å². The molecule has 0 fully saturated rings. The van der Waals surface area contributed by atoms with Crippen molar-refractivity contribution >= 4 is 7.82 Å². The summed E-state index contributed by atoms with van der Waals surface area (Å²) in [6.45, 7) is 4.29. The Hall–Kier alpha value is 0.0700. The minimum Gasteiger partial charge on any atom is -0.301 e. The quantitative estimate of drug-likeness (QED) is 0.0892. The van der Waals surface area contributed by atoms with Crippen molar-refractivity contribution in [2.75, 3.05) is 0 Å². The third kappa shape index (κ3) is 22.2. The van der Waals surface area contributed by atoms with Gasteiger partial charge in [0.15, 0.2) is 0 Å². The van der Waals surface area contributed by atoms with Gasteiger partial charge in [0.1, 0.15) is 0 Å². The molecule has 0 aromatic heterocycles. The van der Waals surface area contributed by atoms with E-state index in [0.29, 0.717) is 0 Å². The molecule has 1 unspecified atom stereocenters. The van der Waals surface area contributed by atoms with Crippen LogP contribution in [-0.4, -0.2) is 15.9 Å². The Labute approximate surface area is 167 Å². The summed E-state index contributed by atoms with van der Waals surface area (Å²) in [5.41, 5.74) is 0. The highest BCUT2D eigenvalue weighted by Crippen LogP contribution is 2.37. The van der Waals surface area contributed by atoms with Crippen LogP contribution >= 0.6 is 7.82 Å². The molecule has 0 aliphatic rings. The van der Waals surface area contributed by atoms with Crippen LogP contribution in [0.5, 0.6) is 0 Å². The summed E-state index contributed by atoms with van der Waals surface area (Å²) in [5, 5.41) is 0. The number of phosphoric acid groups is 1. The van der Waals surface area contributed by atoms with E-state index in [-0.39, 0.29) is 6.10 Å². The van der Waals surface area contributed by atoms with Crippen LogP contribution in [0.2, 0.25) is 0 Å². The SMILES string of the molecule is CCCCCCCCCCCCCCCCCC(CCC)OOP(=O)(O)O. The molecule has 0 aliphatic heterocycles. The zero-order valence-electron chi connectivity index (χ0n) is 17.9. The average Bonchev–Trinajstić information content (AvgIpc) is 2.62. The maximum Gasteiger partial charge on any atom is 0.496 e. The van der Waals surface area contributed by atoms with E-state index < -0.39 is 7.82 Å². The van der Waals surface area contributed by atoms with Gasteiger partial charge in [0, 0.05) is 0 Å². The first-order chi connectivity index (χ1) is 13.0. The van der Waals surface area contributed by atoms with Crippen molar-refractivity contribution in [3.8, 4) is 0 Å². The maximum atomic E-state index is 10.7. The first-order valence-electron chi connectivity index (χ1n) is 11.4. The fraction of sp³-hybridized carbons (Fsp3) is 1.00. The third-order valence-corrected chi connectivity index (χ3v) is 5.30. The van der Waals surface area contributed by atoms with Gasteiger partial charge in [-0.1, -0.05) is 117 Å². The molecule has 0 saturated carbocycles. The number of rotatable bonds is 21. The molecule has 164 valence electrons. The van der Waals surface area contributed by atoms with Crippen LogP contribution in [0.25, 0.3) is 0 Å². The lowest BCUT2D eigenvalue weighted by Gasteiger charge is -2.15. The van der Waals surface area contributed by atoms with Crippen LogP contribution in [0, 0.1) is 0 Å². The Balaban J connectivity index is 3.36. The third-order valence-electron chi connectivity index (χ3n) is 5.02. The largest absolute Gasteiger partial charge is 0.496 e. The molecule has 0 aliphatic carbocycles. The van der Waals surface area contributed by atoms with Gasteiger partial charge < -0.3 is 9.79 Å². The maximum absolute atomic E-state index is 10.7. The van der Waals surface area contributed by atoms with Gasteiger partial charge in [-0.05, 0) is 12.8 Å². The molecule has 0 heterocycles.